The van der Waals surface area contributed by atoms with Crippen LogP contribution < -0.4 is 20.9 Å². The quantitative estimate of drug-likeness (QED) is 0.180. The van der Waals surface area contributed by atoms with Crippen molar-refractivity contribution in [2.45, 2.75) is 232 Å². The highest BCUT2D eigenvalue weighted by Gasteiger charge is 2.47. The molecular weight excluding hydrogens is 592 g/mol. The Balaban J connectivity index is 1.90. The van der Waals surface area contributed by atoms with Gasteiger partial charge in [-0.15, -0.1) is 0 Å². The summed E-state index contributed by atoms with van der Waals surface area (Å²) < 4.78 is 0. The molecule has 1 aromatic heterocycles. The summed E-state index contributed by atoms with van der Waals surface area (Å²) in [5.74, 6) is 2.58. The minimum Gasteiger partial charge on any atom is -0.351 e. The van der Waals surface area contributed by atoms with E-state index in [0.717, 1.165) is 75.8 Å². The predicted octanol–water partition coefficient (Wildman–Crippen LogP) is 8.96. The summed E-state index contributed by atoms with van der Waals surface area (Å²) in [5, 5.41) is 11.8. The number of rotatable bonds is 13. The molecule has 8 nitrogen and oxygen atoms in total. The fourth-order valence-electron chi connectivity index (χ4n) is 9.69. The van der Waals surface area contributed by atoms with Crippen molar-refractivity contribution in [3.63, 3.8) is 0 Å². The second-order valence-corrected chi connectivity index (χ2v) is 19.2. The average molecular weight is 669 g/mol. The highest BCUT2D eigenvalue weighted by atomic mass is 15.4. The number of nitrogens with one attached hydrogen (secondary N) is 3. The molecule has 276 valence electrons. The van der Waals surface area contributed by atoms with Crippen LogP contribution in [0.2, 0.25) is 0 Å². The van der Waals surface area contributed by atoms with Crippen LogP contribution >= 0.6 is 0 Å². The van der Waals surface area contributed by atoms with E-state index in [2.05, 4.69) is 123 Å². The molecule has 2 aliphatic heterocycles. The first-order valence-corrected chi connectivity index (χ1v) is 19.8. The van der Waals surface area contributed by atoms with Gasteiger partial charge in [0.25, 0.3) is 0 Å². The summed E-state index contributed by atoms with van der Waals surface area (Å²) >= 11 is 0. The third-order valence-electron chi connectivity index (χ3n) is 12.7. The first-order valence-electron chi connectivity index (χ1n) is 19.8. The lowest BCUT2D eigenvalue weighted by molar-refractivity contribution is -0.0108. The molecule has 0 bridgehead atoms. The number of piperidine rings is 2. The highest BCUT2D eigenvalue weighted by molar-refractivity contribution is 5.41. The molecule has 4 rings (SSSR count). The second-order valence-electron chi connectivity index (χ2n) is 19.2. The van der Waals surface area contributed by atoms with Crippen LogP contribution in [0.1, 0.15) is 186 Å². The van der Waals surface area contributed by atoms with Crippen LogP contribution in [-0.2, 0) is 5.41 Å². The van der Waals surface area contributed by atoms with Gasteiger partial charge < -0.3 is 20.9 Å². The molecule has 3 N–H and O–H groups in total. The van der Waals surface area contributed by atoms with Gasteiger partial charge in [-0.2, -0.15) is 15.0 Å². The summed E-state index contributed by atoms with van der Waals surface area (Å²) in [6.45, 7) is 34.0. The van der Waals surface area contributed by atoms with E-state index in [0.29, 0.717) is 12.1 Å². The standard InChI is InChI=1S/C40H76N8/c1-15-39(13,16-2)32-42-33(41-29-22-20-19-21-23-29)44-34(43-32)47(30-24-35(5,6)45-36(7,8)25-30)28-48(40(14,17-3)18-4)31-26-37(9,10)46-38(11,12)27-31/h29-31,45-46H,15-28H2,1-14H3,(H,41,42,43,44). The van der Waals surface area contributed by atoms with Crippen LogP contribution in [0.4, 0.5) is 11.9 Å². The monoisotopic (exact) mass is 669 g/mol. The van der Waals surface area contributed by atoms with E-state index in [9.17, 15) is 0 Å². The number of nitrogens with zero attached hydrogens (tertiary/aromatic N) is 5. The van der Waals surface area contributed by atoms with Gasteiger partial charge >= 0.3 is 0 Å². The van der Waals surface area contributed by atoms with Crippen molar-refractivity contribution in [3.8, 4) is 0 Å². The molecule has 1 aliphatic carbocycles. The Labute approximate surface area is 296 Å². The van der Waals surface area contributed by atoms with E-state index in [-0.39, 0.29) is 39.2 Å². The predicted molar refractivity (Wildman–Crippen MR) is 205 cm³/mol. The summed E-state index contributed by atoms with van der Waals surface area (Å²) in [6, 6.07) is 1.15. The van der Waals surface area contributed by atoms with Crippen molar-refractivity contribution in [2.24, 2.45) is 0 Å². The van der Waals surface area contributed by atoms with E-state index < -0.39 is 0 Å². The molecule has 0 spiro atoms. The summed E-state index contributed by atoms with van der Waals surface area (Å²) in [5.41, 5.74) is 0.0328. The van der Waals surface area contributed by atoms with Crippen molar-refractivity contribution in [1.29, 1.82) is 0 Å². The van der Waals surface area contributed by atoms with Gasteiger partial charge in [-0.3, -0.25) is 4.90 Å². The molecule has 0 radical (unpaired) electrons. The molecule has 3 heterocycles. The smallest absolute Gasteiger partial charge is 0.231 e. The molecule has 0 atom stereocenters. The Hall–Kier alpha value is -1.51. The van der Waals surface area contributed by atoms with Gasteiger partial charge in [0.05, 0.1) is 6.67 Å². The topological polar surface area (TPSA) is 81.2 Å². The van der Waals surface area contributed by atoms with E-state index in [4.69, 9.17) is 15.0 Å². The van der Waals surface area contributed by atoms with Crippen LogP contribution in [0.25, 0.3) is 0 Å². The minimum atomic E-state index is -0.108. The number of aromatic nitrogens is 3. The first-order chi connectivity index (χ1) is 22.2. The second kappa shape index (κ2) is 14.6. The Kier molecular flexibility index (Phi) is 12.0. The average Bonchev–Trinajstić information content (AvgIpc) is 2.98. The van der Waals surface area contributed by atoms with Crippen molar-refractivity contribution < 1.29 is 0 Å². The molecule has 3 fully saturated rings. The Morgan fingerprint density at radius 1 is 0.667 bits per heavy atom. The van der Waals surface area contributed by atoms with E-state index in [1.54, 1.807) is 0 Å². The van der Waals surface area contributed by atoms with E-state index in [1.807, 2.05) is 0 Å². The zero-order chi connectivity index (χ0) is 35.8. The highest BCUT2D eigenvalue weighted by Crippen LogP contribution is 2.40. The van der Waals surface area contributed by atoms with Gasteiger partial charge in [-0.05, 0) is 127 Å². The fourth-order valence-corrected chi connectivity index (χ4v) is 9.69. The molecule has 1 saturated carbocycles. The van der Waals surface area contributed by atoms with Gasteiger partial charge in [-0.25, -0.2) is 0 Å². The van der Waals surface area contributed by atoms with Crippen LogP contribution in [0, 0.1) is 0 Å². The molecule has 48 heavy (non-hydrogen) atoms. The zero-order valence-corrected chi connectivity index (χ0v) is 33.9. The Morgan fingerprint density at radius 3 is 1.60 bits per heavy atom. The van der Waals surface area contributed by atoms with Crippen LogP contribution in [0.3, 0.4) is 0 Å². The van der Waals surface area contributed by atoms with Crippen molar-refractivity contribution in [2.75, 3.05) is 16.9 Å². The maximum absolute atomic E-state index is 5.50. The maximum Gasteiger partial charge on any atom is 0.231 e. The first kappa shape index (κ1) is 39.3. The third kappa shape index (κ3) is 9.42. The van der Waals surface area contributed by atoms with Crippen LogP contribution in [0.5, 0.6) is 0 Å². The SMILES string of the molecule is CCC(C)(CC)c1nc(NC2CCCCC2)nc(N(CN(C2CC(C)(C)NC(C)(C)C2)C(C)(CC)CC)C2CC(C)(C)NC(C)(C)C2)n1. The fraction of sp³-hybridized carbons (Fsp3) is 0.925. The third-order valence-corrected chi connectivity index (χ3v) is 12.7. The van der Waals surface area contributed by atoms with Gasteiger partial charge in [0.2, 0.25) is 11.9 Å². The molecule has 0 unspecified atom stereocenters. The lowest BCUT2D eigenvalue weighted by Crippen LogP contribution is -2.68. The lowest BCUT2D eigenvalue weighted by atomic mass is 9.77. The Morgan fingerprint density at radius 2 is 1.15 bits per heavy atom. The molecule has 0 amide bonds. The summed E-state index contributed by atoms with van der Waals surface area (Å²) in [7, 11) is 0. The van der Waals surface area contributed by atoms with E-state index in [1.165, 1.54) is 32.1 Å². The lowest BCUT2D eigenvalue weighted by Gasteiger charge is -2.56. The molecule has 2 saturated heterocycles. The minimum absolute atomic E-state index is 0.00651. The van der Waals surface area contributed by atoms with Crippen molar-refractivity contribution in [1.82, 2.24) is 30.5 Å². The Bertz CT molecular complexity index is 1160. The van der Waals surface area contributed by atoms with Crippen molar-refractivity contribution >= 4 is 11.9 Å². The molecule has 0 aromatic carbocycles. The molecule has 8 heteroatoms. The van der Waals surface area contributed by atoms with Gasteiger partial charge in [0.15, 0.2) is 0 Å². The zero-order valence-electron chi connectivity index (χ0n) is 33.9. The molecular formula is C40H76N8. The summed E-state index contributed by atoms with van der Waals surface area (Å²) in [6.07, 6.45) is 14.8. The molecule has 3 aliphatic rings. The van der Waals surface area contributed by atoms with Gasteiger partial charge in [-0.1, -0.05) is 53.9 Å². The number of hydrogen-bond acceptors (Lipinski definition) is 8. The maximum atomic E-state index is 5.50. The molecule has 1 aromatic rings. The normalized spacial score (nSPS) is 23.7. The van der Waals surface area contributed by atoms with Crippen LogP contribution in [-0.4, -0.2) is 72.3 Å². The number of anilines is 2. The van der Waals surface area contributed by atoms with Gasteiger partial charge in [0.1, 0.15) is 5.82 Å². The summed E-state index contributed by atoms with van der Waals surface area (Å²) in [4.78, 5) is 21.7. The van der Waals surface area contributed by atoms with Gasteiger partial charge in [0, 0.05) is 51.2 Å². The van der Waals surface area contributed by atoms with E-state index >= 15 is 0 Å². The number of hydrogen-bond donors (Lipinski definition) is 3. The van der Waals surface area contributed by atoms with Crippen LogP contribution in [0.15, 0.2) is 0 Å². The van der Waals surface area contributed by atoms with Crippen molar-refractivity contribution in [3.05, 3.63) is 5.82 Å². The largest absolute Gasteiger partial charge is 0.351 e.